The first-order valence-electron chi connectivity index (χ1n) is 10.1. The van der Waals surface area contributed by atoms with E-state index in [4.69, 9.17) is 28.4 Å². The lowest BCUT2D eigenvalue weighted by molar-refractivity contribution is -0.0913. The van der Waals surface area contributed by atoms with Crippen LogP contribution < -0.4 is 18.9 Å². The molecule has 0 aliphatic carbocycles. The Hall–Kier alpha value is -2.48. The minimum Gasteiger partial charge on any atom is -0.493 e. The van der Waals surface area contributed by atoms with Crippen molar-refractivity contribution in [2.75, 3.05) is 55.9 Å². The number of hydrogen-bond donors (Lipinski definition) is 1. The summed E-state index contributed by atoms with van der Waals surface area (Å²) in [6, 6.07) is 11.4. The molecular weight excluding hydrogens is 400 g/mol. The van der Waals surface area contributed by atoms with E-state index >= 15 is 0 Å². The molecule has 0 fully saturated rings. The molecule has 0 aliphatic heterocycles. The van der Waals surface area contributed by atoms with Crippen LogP contribution in [0.1, 0.15) is 11.1 Å². The van der Waals surface area contributed by atoms with Gasteiger partial charge in [0.2, 0.25) is 0 Å². The lowest BCUT2D eigenvalue weighted by Gasteiger charge is -2.36. The third-order valence-electron chi connectivity index (χ3n) is 5.41. The van der Waals surface area contributed by atoms with Gasteiger partial charge in [0.05, 0.1) is 47.3 Å². The molecule has 0 radical (unpaired) electrons. The molecule has 0 spiro atoms. The van der Waals surface area contributed by atoms with Gasteiger partial charge in [-0.25, -0.2) is 0 Å². The van der Waals surface area contributed by atoms with E-state index in [1.54, 1.807) is 42.7 Å². The topological polar surface area (TPSA) is 75.6 Å². The molecule has 0 bridgehead atoms. The van der Waals surface area contributed by atoms with Crippen LogP contribution in [-0.4, -0.2) is 66.6 Å². The van der Waals surface area contributed by atoms with Crippen molar-refractivity contribution in [1.29, 1.82) is 0 Å². The maximum atomic E-state index is 11.7. The molecule has 0 unspecified atom stereocenters. The summed E-state index contributed by atoms with van der Waals surface area (Å²) in [7, 11) is 9.60. The van der Waals surface area contributed by atoms with Crippen molar-refractivity contribution < 1.29 is 33.5 Å². The van der Waals surface area contributed by atoms with Gasteiger partial charge in [-0.2, -0.15) is 0 Å². The van der Waals surface area contributed by atoms with E-state index in [-0.39, 0.29) is 12.5 Å². The van der Waals surface area contributed by atoms with Gasteiger partial charge in [0.25, 0.3) is 0 Å². The quantitative estimate of drug-likeness (QED) is 0.519. The molecule has 0 amide bonds. The molecular formula is C24H34O7. The molecule has 0 aromatic heterocycles. The molecule has 7 nitrogen and oxygen atoms in total. The number of hydrogen-bond acceptors (Lipinski definition) is 7. The smallest absolute Gasteiger partial charge is 0.160 e. The van der Waals surface area contributed by atoms with Crippen molar-refractivity contribution in [2.24, 2.45) is 5.92 Å². The summed E-state index contributed by atoms with van der Waals surface area (Å²) in [6.07, 6.45) is 0.934. The Morgan fingerprint density at radius 1 is 0.710 bits per heavy atom. The highest BCUT2D eigenvalue weighted by atomic mass is 16.5. The van der Waals surface area contributed by atoms with Crippen LogP contribution in [0, 0.1) is 5.92 Å². The van der Waals surface area contributed by atoms with E-state index in [0.29, 0.717) is 42.4 Å². The SMILES string of the molecule is COC[C@H](Cc1ccc(OC)c(OC)c1)[C@](O)(COC)Cc1ccc(OC)c(OC)c1. The average molecular weight is 435 g/mol. The molecule has 2 aromatic carbocycles. The number of methoxy groups -OCH3 is 6. The van der Waals surface area contributed by atoms with Crippen molar-refractivity contribution in [1.82, 2.24) is 0 Å². The Kier molecular flexibility index (Phi) is 9.43. The predicted molar refractivity (Wildman–Crippen MR) is 119 cm³/mol. The van der Waals surface area contributed by atoms with Crippen molar-refractivity contribution in [2.45, 2.75) is 18.4 Å². The van der Waals surface area contributed by atoms with Gasteiger partial charge in [0.15, 0.2) is 23.0 Å². The molecule has 0 saturated carbocycles. The van der Waals surface area contributed by atoms with Gasteiger partial charge in [0.1, 0.15) is 0 Å². The monoisotopic (exact) mass is 434 g/mol. The highest BCUT2D eigenvalue weighted by molar-refractivity contribution is 5.44. The molecule has 2 rings (SSSR count). The second-order valence-electron chi connectivity index (χ2n) is 7.45. The molecule has 7 heteroatoms. The Balaban J connectivity index is 2.35. The van der Waals surface area contributed by atoms with E-state index in [1.807, 2.05) is 36.4 Å². The molecule has 0 saturated heterocycles. The van der Waals surface area contributed by atoms with Gasteiger partial charge < -0.3 is 33.5 Å². The van der Waals surface area contributed by atoms with Gasteiger partial charge in [-0.1, -0.05) is 12.1 Å². The van der Waals surface area contributed by atoms with Gasteiger partial charge in [-0.05, 0) is 41.8 Å². The first kappa shape index (κ1) is 24.8. The molecule has 2 aromatic rings. The predicted octanol–water partition coefficient (Wildman–Crippen LogP) is 3.15. The molecule has 31 heavy (non-hydrogen) atoms. The highest BCUT2D eigenvalue weighted by Gasteiger charge is 2.37. The van der Waals surface area contributed by atoms with Crippen LogP contribution in [0.25, 0.3) is 0 Å². The first-order chi connectivity index (χ1) is 14.9. The van der Waals surface area contributed by atoms with Crippen LogP contribution >= 0.6 is 0 Å². The average Bonchev–Trinajstić information content (AvgIpc) is 2.78. The lowest BCUT2D eigenvalue weighted by Crippen LogP contribution is -2.47. The van der Waals surface area contributed by atoms with Crippen LogP contribution in [0.4, 0.5) is 0 Å². The van der Waals surface area contributed by atoms with Gasteiger partial charge in [-0.15, -0.1) is 0 Å². The molecule has 0 aliphatic rings. The van der Waals surface area contributed by atoms with Gasteiger partial charge >= 0.3 is 0 Å². The zero-order valence-corrected chi connectivity index (χ0v) is 19.3. The third kappa shape index (κ3) is 6.26. The lowest BCUT2D eigenvalue weighted by atomic mass is 9.79. The van der Waals surface area contributed by atoms with E-state index in [0.717, 1.165) is 11.1 Å². The molecule has 0 heterocycles. The second-order valence-corrected chi connectivity index (χ2v) is 7.45. The van der Waals surface area contributed by atoms with Crippen molar-refractivity contribution in [3.8, 4) is 23.0 Å². The summed E-state index contributed by atoms with van der Waals surface area (Å²) in [6.45, 7) is 0.518. The summed E-state index contributed by atoms with van der Waals surface area (Å²) >= 11 is 0. The number of benzene rings is 2. The van der Waals surface area contributed by atoms with Crippen LogP contribution in [0.2, 0.25) is 0 Å². The summed E-state index contributed by atoms with van der Waals surface area (Å²) in [4.78, 5) is 0. The van der Waals surface area contributed by atoms with Crippen molar-refractivity contribution >= 4 is 0 Å². The standard InChI is InChI=1S/C24H34O7/c1-26-15-19(11-17-7-9-20(28-3)22(12-17)30-5)24(25,16-27-2)14-18-8-10-21(29-4)23(13-18)31-6/h7-10,12-13,19,25H,11,14-16H2,1-6H3/t19-,24+/m0/s1. The molecule has 1 N–H and O–H groups in total. The van der Waals surface area contributed by atoms with E-state index in [2.05, 4.69) is 0 Å². The fraction of sp³-hybridized carbons (Fsp3) is 0.500. The fourth-order valence-electron chi connectivity index (χ4n) is 3.80. The summed E-state index contributed by atoms with van der Waals surface area (Å²) in [5, 5.41) is 11.7. The van der Waals surface area contributed by atoms with E-state index < -0.39 is 5.60 Å². The normalized spacial score (nSPS) is 13.9. The Morgan fingerprint density at radius 2 is 1.23 bits per heavy atom. The van der Waals surface area contributed by atoms with Crippen molar-refractivity contribution in [3.63, 3.8) is 0 Å². The Labute approximate surface area is 184 Å². The summed E-state index contributed by atoms with van der Waals surface area (Å²) in [5.74, 6) is 2.32. The number of ether oxygens (including phenoxy) is 6. The zero-order chi connectivity index (χ0) is 22.9. The minimum atomic E-state index is -1.17. The summed E-state index contributed by atoms with van der Waals surface area (Å²) < 4.78 is 32.4. The zero-order valence-electron chi connectivity index (χ0n) is 19.3. The van der Waals surface area contributed by atoms with E-state index in [9.17, 15) is 5.11 Å². The van der Waals surface area contributed by atoms with Crippen LogP contribution in [0.15, 0.2) is 36.4 Å². The first-order valence-corrected chi connectivity index (χ1v) is 10.1. The molecule has 172 valence electrons. The van der Waals surface area contributed by atoms with Crippen LogP contribution in [0.3, 0.4) is 0 Å². The van der Waals surface area contributed by atoms with Crippen molar-refractivity contribution in [3.05, 3.63) is 47.5 Å². The third-order valence-corrected chi connectivity index (χ3v) is 5.41. The maximum absolute atomic E-state index is 11.7. The Bertz CT molecular complexity index is 824. The van der Waals surface area contributed by atoms with Gasteiger partial charge in [0, 0.05) is 26.6 Å². The fourth-order valence-corrected chi connectivity index (χ4v) is 3.80. The largest absolute Gasteiger partial charge is 0.493 e. The summed E-state index contributed by atoms with van der Waals surface area (Å²) in [5.41, 5.74) is 0.740. The number of aliphatic hydroxyl groups is 1. The Morgan fingerprint density at radius 3 is 1.71 bits per heavy atom. The maximum Gasteiger partial charge on any atom is 0.160 e. The van der Waals surface area contributed by atoms with Crippen LogP contribution in [0.5, 0.6) is 23.0 Å². The minimum absolute atomic E-state index is 0.155. The van der Waals surface area contributed by atoms with E-state index in [1.165, 1.54) is 0 Å². The molecule has 2 atom stereocenters. The second kappa shape index (κ2) is 11.8. The van der Waals surface area contributed by atoms with Gasteiger partial charge in [-0.3, -0.25) is 0 Å². The van der Waals surface area contributed by atoms with Crippen LogP contribution in [-0.2, 0) is 22.3 Å². The number of rotatable bonds is 13. The highest BCUT2D eigenvalue weighted by Crippen LogP contribution is 2.34.